The van der Waals surface area contributed by atoms with Gasteiger partial charge in [-0.1, -0.05) is 18.2 Å². The van der Waals surface area contributed by atoms with Crippen LogP contribution in [0, 0.1) is 5.92 Å². The summed E-state index contributed by atoms with van der Waals surface area (Å²) < 4.78 is 1.91. The van der Waals surface area contributed by atoms with Gasteiger partial charge in [0.05, 0.1) is 5.56 Å². The molecule has 7 heteroatoms. The van der Waals surface area contributed by atoms with Crippen LogP contribution < -0.4 is 5.32 Å². The lowest BCUT2D eigenvalue weighted by Gasteiger charge is -2.34. The molecule has 2 saturated heterocycles. The number of para-hydroxylation sites is 1. The third kappa shape index (κ3) is 2.75. The molecule has 2 atom stereocenters. The summed E-state index contributed by atoms with van der Waals surface area (Å²) in [7, 11) is 0. The number of rotatable bonds is 2. The number of carbonyl (C=O) groups is 2. The highest BCUT2D eigenvalue weighted by atomic mass is 16.2. The monoisotopic (exact) mass is 361 g/mol. The van der Waals surface area contributed by atoms with E-state index in [4.69, 9.17) is 0 Å². The quantitative estimate of drug-likeness (QED) is 0.754. The van der Waals surface area contributed by atoms with Crippen molar-refractivity contribution in [2.75, 3.05) is 13.1 Å². The van der Waals surface area contributed by atoms with Gasteiger partial charge in [-0.15, -0.1) is 0 Å². The Morgan fingerprint density at radius 3 is 2.89 bits per heavy atom. The summed E-state index contributed by atoms with van der Waals surface area (Å²) >= 11 is 0. The number of hydrogen-bond acceptors (Lipinski definition) is 4. The van der Waals surface area contributed by atoms with E-state index in [-0.39, 0.29) is 23.8 Å². The van der Waals surface area contributed by atoms with Gasteiger partial charge in [0.25, 0.3) is 5.91 Å². The second kappa shape index (κ2) is 6.19. The van der Waals surface area contributed by atoms with E-state index in [0.717, 1.165) is 17.8 Å². The van der Waals surface area contributed by atoms with Crippen LogP contribution in [0.2, 0.25) is 0 Å². The maximum absolute atomic E-state index is 12.9. The van der Waals surface area contributed by atoms with E-state index >= 15 is 0 Å². The maximum Gasteiger partial charge on any atom is 0.255 e. The van der Waals surface area contributed by atoms with E-state index < -0.39 is 0 Å². The number of fused-ring (bicyclic) bond motifs is 2. The van der Waals surface area contributed by atoms with Gasteiger partial charge >= 0.3 is 0 Å². The fourth-order valence-electron chi connectivity index (χ4n) is 4.10. The highest BCUT2D eigenvalue weighted by Gasteiger charge is 2.38. The average molecular weight is 361 g/mol. The van der Waals surface area contributed by atoms with Crippen molar-refractivity contribution in [1.82, 2.24) is 24.8 Å². The Balaban J connectivity index is 1.41. The van der Waals surface area contributed by atoms with Gasteiger partial charge in [-0.05, 0) is 24.6 Å². The Kier molecular flexibility index (Phi) is 3.67. The van der Waals surface area contributed by atoms with Gasteiger partial charge in [-0.25, -0.2) is 9.97 Å². The Hall–Kier alpha value is -3.22. The molecule has 1 N–H and O–H groups in total. The number of likely N-dealkylation sites (tertiary alicyclic amines) is 1. The number of hydrogen-bond donors (Lipinski definition) is 1. The molecular formula is C20H19N5O2. The minimum atomic E-state index is -0.0449. The number of nitrogens with zero attached hydrogens (tertiary/aromatic N) is 4. The zero-order valence-corrected chi connectivity index (χ0v) is 14.7. The molecule has 0 radical (unpaired) electrons. The summed E-state index contributed by atoms with van der Waals surface area (Å²) in [5.74, 6) is 0.259. The molecular weight excluding hydrogens is 342 g/mol. The minimum absolute atomic E-state index is 0.0449. The van der Waals surface area contributed by atoms with Crippen molar-refractivity contribution in [2.24, 2.45) is 5.92 Å². The summed E-state index contributed by atoms with van der Waals surface area (Å²) in [4.78, 5) is 35.3. The van der Waals surface area contributed by atoms with Crippen LogP contribution in [0.25, 0.3) is 16.9 Å². The third-order valence-electron chi connectivity index (χ3n) is 5.48. The summed E-state index contributed by atoms with van der Waals surface area (Å²) in [6.07, 6.45) is 4.66. The highest BCUT2D eigenvalue weighted by Crippen LogP contribution is 2.26. The predicted octanol–water partition coefficient (Wildman–Crippen LogP) is 1.77. The number of pyridine rings is 1. The van der Waals surface area contributed by atoms with E-state index in [0.29, 0.717) is 30.6 Å². The number of nitrogens with one attached hydrogen (secondary N) is 1. The molecule has 0 unspecified atom stereocenters. The van der Waals surface area contributed by atoms with E-state index in [9.17, 15) is 9.59 Å². The Morgan fingerprint density at radius 1 is 1.19 bits per heavy atom. The first-order valence-corrected chi connectivity index (χ1v) is 9.16. The molecule has 2 aromatic heterocycles. The highest BCUT2D eigenvalue weighted by molar-refractivity contribution is 5.96. The van der Waals surface area contributed by atoms with Crippen molar-refractivity contribution in [2.45, 2.75) is 18.9 Å². The number of carbonyl (C=O) groups excluding carboxylic acids is 2. The van der Waals surface area contributed by atoms with Crippen LogP contribution in [0.3, 0.4) is 0 Å². The topological polar surface area (TPSA) is 80.1 Å². The smallest absolute Gasteiger partial charge is 0.255 e. The molecule has 4 heterocycles. The van der Waals surface area contributed by atoms with Crippen molar-refractivity contribution < 1.29 is 9.59 Å². The molecule has 0 bridgehead atoms. The van der Waals surface area contributed by atoms with Crippen LogP contribution in [-0.2, 0) is 4.79 Å². The van der Waals surface area contributed by atoms with Crippen molar-refractivity contribution in [3.63, 3.8) is 0 Å². The van der Waals surface area contributed by atoms with E-state index in [1.54, 1.807) is 18.6 Å². The SMILES string of the molecule is O=C1C[C@@H]2CN(C(=O)c3cnc4c(c3)ncn4-c3ccccc3)CC[C@@H]2N1. The van der Waals surface area contributed by atoms with Crippen molar-refractivity contribution >= 4 is 23.0 Å². The summed E-state index contributed by atoms with van der Waals surface area (Å²) in [5.41, 5.74) is 2.93. The average Bonchev–Trinajstić information content (AvgIpc) is 3.29. The molecule has 2 fully saturated rings. The summed E-state index contributed by atoms with van der Waals surface area (Å²) in [6, 6.07) is 11.9. The Labute approximate surface area is 156 Å². The Morgan fingerprint density at radius 2 is 2.04 bits per heavy atom. The number of aromatic nitrogens is 3. The molecule has 0 saturated carbocycles. The van der Waals surface area contributed by atoms with E-state index in [1.165, 1.54) is 0 Å². The van der Waals surface area contributed by atoms with Crippen molar-refractivity contribution in [3.05, 3.63) is 54.5 Å². The fraction of sp³-hybridized carbons (Fsp3) is 0.300. The standard InChI is InChI=1S/C20H19N5O2/c26-18-9-14-11-24(7-6-16(14)23-18)20(27)13-8-17-19(21-10-13)25(12-22-17)15-4-2-1-3-5-15/h1-5,8,10,12,14,16H,6-7,9,11H2,(H,23,26)/t14-,16+/m1/s1. The fourth-order valence-corrected chi connectivity index (χ4v) is 4.10. The number of amides is 2. The normalized spacial score (nSPS) is 21.9. The number of piperidine rings is 1. The third-order valence-corrected chi connectivity index (χ3v) is 5.48. The van der Waals surface area contributed by atoms with E-state index in [2.05, 4.69) is 15.3 Å². The van der Waals surface area contributed by atoms with Gasteiger partial charge < -0.3 is 10.2 Å². The van der Waals surface area contributed by atoms with E-state index in [1.807, 2.05) is 39.8 Å². The van der Waals surface area contributed by atoms with Crippen LogP contribution in [0.5, 0.6) is 0 Å². The van der Waals surface area contributed by atoms with Crippen LogP contribution >= 0.6 is 0 Å². The molecule has 5 rings (SSSR count). The van der Waals surface area contributed by atoms with Gasteiger partial charge in [0.15, 0.2) is 5.65 Å². The van der Waals surface area contributed by atoms with Crippen LogP contribution in [-0.4, -0.2) is 50.4 Å². The molecule has 0 aliphatic carbocycles. The van der Waals surface area contributed by atoms with Crippen molar-refractivity contribution in [3.8, 4) is 5.69 Å². The zero-order chi connectivity index (χ0) is 18.4. The molecule has 2 aliphatic heterocycles. The lowest BCUT2D eigenvalue weighted by Crippen LogP contribution is -2.47. The lowest BCUT2D eigenvalue weighted by molar-refractivity contribution is -0.119. The van der Waals surface area contributed by atoms with Crippen LogP contribution in [0.15, 0.2) is 48.9 Å². The largest absolute Gasteiger partial charge is 0.353 e. The van der Waals surface area contributed by atoms with Gasteiger partial charge in [-0.3, -0.25) is 14.2 Å². The first-order chi connectivity index (χ1) is 13.2. The molecule has 7 nitrogen and oxygen atoms in total. The second-order valence-electron chi connectivity index (χ2n) is 7.19. The Bertz CT molecular complexity index is 1030. The zero-order valence-electron chi connectivity index (χ0n) is 14.7. The summed E-state index contributed by atoms with van der Waals surface area (Å²) in [6.45, 7) is 1.26. The molecule has 1 aromatic carbocycles. The summed E-state index contributed by atoms with van der Waals surface area (Å²) in [5, 5.41) is 3.00. The number of benzene rings is 1. The second-order valence-corrected chi connectivity index (χ2v) is 7.19. The van der Waals surface area contributed by atoms with Crippen molar-refractivity contribution in [1.29, 1.82) is 0 Å². The van der Waals surface area contributed by atoms with Crippen LogP contribution in [0.1, 0.15) is 23.2 Å². The van der Waals surface area contributed by atoms with Gasteiger partial charge in [-0.2, -0.15) is 0 Å². The van der Waals surface area contributed by atoms with Gasteiger partial charge in [0.1, 0.15) is 11.8 Å². The molecule has 2 amide bonds. The maximum atomic E-state index is 12.9. The predicted molar refractivity (Wildman–Crippen MR) is 99.4 cm³/mol. The number of imidazole rings is 1. The lowest BCUT2D eigenvalue weighted by atomic mass is 9.93. The molecule has 136 valence electrons. The van der Waals surface area contributed by atoms with Crippen LogP contribution in [0.4, 0.5) is 0 Å². The molecule has 27 heavy (non-hydrogen) atoms. The molecule has 2 aliphatic rings. The van der Waals surface area contributed by atoms with Gasteiger partial charge in [0, 0.05) is 43.4 Å². The molecule has 0 spiro atoms. The molecule has 3 aromatic rings. The first-order valence-electron chi connectivity index (χ1n) is 9.16. The first kappa shape index (κ1) is 16.0. The minimum Gasteiger partial charge on any atom is -0.353 e. The van der Waals surface area contributed by atoms with Gasteiger partial charge in [0.2, 0.25) is 5.91 Å².